The Bertz CT molecular complexity index is 2820. The lowest BCUT2D eigenvalue weighted by molar-refractivity contribution is 0.580. The molecule has 0 bridgehead atoms. The van der Waals surface area contributed by atoms with Crippen molar-refractivity contribution < 1.29 is 4.42 Å². The minimum absolute atomic E-state index is 0.0180. The van der Waals surface area contributed by atoms with Gasteiger partial charge in [0.1, 0.15) is 11.2 Å². The lowest BCUT2D eigenvalue weighted by Crippen LogP contribution is -2.37. The predicted octanol–water partition coefficient (Wildman–Crippen LogP) is 13.6. The van der Waals surface area contributed by atoms with E-state index < -0.39 is 0 Å². The van der Waals surface area contributed by atoms with Crippen LogP contribution in [-0.4, -0.2) is 6.04 Å². The third-order valence-electron chi connectivity index (χ3n) is 13.2. The lowest BCUT2D eigenvalue weighted by Gasteiger charge is -2.39. The van der Waals surface area contributed by atoms with Crippen LogP contribution in [0.3, 0.4) is 0 Å². The van der Waals surface area contributed by atoms with E-state index in [1.807, 2.05) is 0 Å². The standard InChI is InChI=1S/C52H43NO/c1-51(2)43-20-12-10-16-37(43)38-28-26-35(30-44(38)51)53(34-24-22-33(23-25-34)32-14-6-5-7-15-32)36-27-29-41-45(31-36)52(3,4)49-40-18-9-8-17-39(40)47-42-19-11-13-21-46(42)54-50(47)48(41)49/h5-27,29-30,36,38H,28,31H2,1-4H3. The molecule has 7 aromatic rings. The maximum Gasteiger partial charge on any atom is 0.144 e. The number of benzene rings is 6. The number of anilines is 1. The third kappa shape index (κ3) is 4.34. The van der Waals surface area contributed by atoms with Crippen molar-refractivity contribution in [1.82, 2.24) is 0 Å². The molecule has 0 radical (unpaired) electrons. The SMILES string of the molecule is CC1(C)C2=CC(N(c3ccc(-c4ccccc4)cc3)C3C=CC4=C(C3)C(C)(C)c3c4c4oc5ccccc5c4c4ccccc34)=CCC2c2ccccc21. The summed E-state index contributed by atoms with van der Waals surface area (Å²) in [5.41, 5.74) is 16.8. The fraction of sp³-hybridized carbons (Fsp3) is 0.192. The minimum atomic E-state index is -0.178. The summed E-state index contributed by atoms with van der Waals surface area (Å²) >= 11 is 0. The number of rotatable bonds is 4. The number of nitrogens with zero attached hydrogens (tertiary/aromatic N) is 1. The summed E-state index contributed by atoms with van der Waals surface area (Å²) in [5, 5.41) is 5.03. The van der Waals surface area contributed by atoms with Gasteiger partial charge in [-0.2, -0.15) is 0 Å². The monoisotopic (exact) mass is 697 g/mol. The zero-order chi connectivity index (χ0) is 36.3. The van der Waals surface area contributed by atoms with E-state index in [1.165, 1.54) is 83.0 Å². The van der Waals surface area contributed by atoms with Crippen LogP contribution >= 0.6 is 0 Å². The van der Waals surface area contributed by atoms with E-state index >= 15 is 0 Å². The van der Waals surface area contributed by atoms with Gasteiger partial charge in [-0.3, -0.25) is 0 Å². The Kier molecular flexibility index (Phi) is 6.64. The highest BCUT2D eigenvalue weighted by Gasteiger charge is 2.45. The molecule has 4 aliphatic carbocycles. The Labute approximate surface area is 317 Å². The van der Waals surface area contributed by atoms with Gasteiger partial charge in [0, 0.05) is 44.5 Å². The van der Waals surface area contributed by atoms with Gasteiger partial charge in [-0.05, 0) is 86.9 Å². The normalized spacial score (nSPS) is 20.4. The Morgan fingerprint density at radius 2 is 1.35 bits per heavy atom. The molecule has 54 heavy (non-hydrogen) atoms. The molecule has 0 fully saturated rings. The number of fused-ring (bicyclic) bond motifs is 12. The van der Waals surface area contributed by atoms with E-state index in [0.29, 0.717) is 5.92 Å². The summed E-state index contributed by atoms with van der Waals surface area (Å²) in [6.07, 6.45) is 11.9. The highest BCUT2D eigenvalue weighted by molar-refractivity contribution is 6.24. The zero-order valence-electron chi connectivity index (χ0n) is 31.4. The number of furan rings is 1. The quantitative estimate of drug-likeness (QED) is 0.182. The molecule has 0 amide bonds. The minimum Gasteiger partial charge on any atom is -0.455 e. The molecule has 2 heteroatoms. The van der Waals surface area contributed by atoms with Crippen molar-refractivity contribution in [2.24, 2.45) is 0 Å². The van der Waals surface area contributed by atoms with Crippen LogP contribution in [-0.2, 0) is 10.8 Å². The highest BCUT2D eigenvalue weighted by Crippen LogP contribution is 2.58. The first-order chi connectivity index (χ1) is 26.3. The summed E-state index contributed by atoms with van der Waals surface area (Å²) in [4.78, 5) is 2.63. The fourth-order valence-corrected chi connectivity index (χ4v) is 10.7. The molecular formula is C52H43NO. The van der Waals surface area contributed by atoms with Crippen molar-refractivity contribution in [3.05, 3.63) is 191 Å². The Balaban J connectivity index is 1.06. The maximum absolute atomic E-state index is 6.82. The molecule has 1 heterocycles. The van der Waals surface area contributed by atoms with Crippen LogP contribution in [0.4, 0.5) is 5.69 Å². The van der Waals surface area contributed by atoms with Crippen LogP contribution in [0.1, 0.15) is 68.7 Å². The second-order valence-corrected chi connectivity index (χ2v) is 16.8. The smallest absolute Gasteiger partial charge is 0.144 e. The van der Waals surface area contributed by atoms with Crippen molar-refractivity contribution in [3.8, 4) is 11.1 Å². The fourth-order valence-electron chi connectivity index (χ4n) is 10.7. The second kappa shape index (κ2) is 11.3. The van der Waals surface area contributed by atoms with E-state index in [4.69, 9.17) is 4.42 Å². The van der Waals surface area contributed by atoms with Gasteiger partial charge in [0.25, 0.3) is 0 Å². The zero-order valence-corrected chi connectivity index (χ0v) is 31.4. The number of hydrogen-bond acceptors (Lipinski definition) is 2. The van der Waals surface area contributed by atoms with Crippen LogP contribution in [0, 0.1) is 0 Å². The van der Waals surface area contributed by atoms with Gasteiger partial charge < -0.3 is 9.32 Å². The van der Waals surface area contributed by atoms with Crippen LogP contribution in [0.25, 0.3) is 49.4 Å². The topological polar surface area (TPSA) is 16.4 Å². The van der Waals surface area contributed by atoms with Crippen molar-refractivity contribution in [3.63, 3.8) is 0 Å². The first kappa shape index (κ1) is 31.6. The van der Waals surface area contributed by atoms with Crippen molar-refractivity contribution >= 4 is 44.0 Å². The summed E-state index contributed by atoms with van der Waals surface area (Å²) in [6, 6.07) is 46.7. The molecule has 2 atom stereocenters. The average molecular weight is 698 g/mol. The van der Waals surface area contributed by atoms with Gasteiger partial charge >= 0.3 is 0 Å². The number of para-hydroxylation sites is 1. The number of hydrogen-bond donors (Lipinski definition) is 0. The van der Waals surface area contributed by atoms with Crippen LogP contribution < -0.4 is 4.90 Å². The van der Waals surface area contributed by atoms with Gasteiger partial charge in [-0.25, -0.2) is 0 Å². The van der Waals surface area contributed by atoms with Crippen molar-refractivity contribution in [2.75, 3.05) is 4.90 Å². The molecule has 0 spiro atoms. The van der Waals surface area contributed by atoms with Gasteiger partial charge in [-0.1, -0.05) is 161 Å². The molecule has 2 unspecified atom stereocenters. The van der Waals surface area contributed by atoms with Crippen LogP contribution in [0.5, 0.6) is 0 Å². The molecule has 262 valence electrons. The van der Waals surface area contributed by atoms with E-state index in [0.717, 1.165) is 24.0 Å². The largest absolute Gasteiger partial charge is 0.455 e. The molecule has 0 aliphatic heterocycles. The van der Waals surface area contributed by atoms with Gasteiger partial charge in [0.2, 0.25) is 0 Å². The molecule has 0 saturated carbocycles. The number of allylic oxidation sites excluding steroid dienone is 5. The highest BCUT2D eigenvalue weighted by atomic mass is 16.3. The molecule has 1 aromatic heterocycles. The summed E-state index contributed by atoms with van der Waals surface area (Å²) in [7, 11) is 0. The molecule has 0 N–H and O–H groups in total. The molecule has 11 rings (SSSR count). The first-order valence-corrected chi connectivity index (χ1v) is 19.6. The first-order valence-electron chi connectivity index (χ1n) is 19.6. The molecule has 2 nitrogen and oxygen atoms in total. The molecular weight excluding hydrogens is 655 g/mol. The Morgan fingerprint density at radius 1 is 0.667 bits per heavy atom. The van der Waals surface area contributed by atoms with Gasteiger partial charge in [0.05, 0.1) is 6.04 Å². The van der Waals surface area contributed by atoms with E-state index in [9.17, 15) is 0 Å². The van der Waals surface area contributed by atoms with Crippen LogP contribution in [0.15, 0.2) is 173 Å². The Hall–Kier alpha value is -5.86. The average Bonchev–Trinajstić information content (AvgIpc) is 3.79. The lowest BCUT2D eigenvalue weighted by atomic mass is 9.75. The van der Waals surface area contributed by atoms with Gasteiger partial charge in [-0.15, -0.1) is 0 Å². The third-order valence-corrected chi connectivity index (χ3v) is 13.2. The van der Waals surface area contributed by atoms with Crippen molar-refractivity contribution in [1.29, 1.82) is 0 Å². The van der Waals surface area contributed by atoms with E-state index in [1.54, 1.807) is 0 Å². The summed E-state index contributed by atoms with van der Waals surface area (Å²) in [6.45, 7) is 9.71. The van der Waals surface area contributed by atoms with E-state index in [-0.39, 0.29) is 16.9 Å². The summed E-state index contributed by atoms with van der Waals surface area (Å²) < 4.78 is 6.82. The van der Waals surface area contributed by atoms with Crippen molar-refractivity contribution in [2.45, 2.75) is 63.3 Å². The Morgan fingerprint density at radius 3 is 2.17 bits per heavy atom. The van der Waals surface area contributed by atoms with Gasteiger partial charge in [0.15, 0.2) is 0 Å². The maximum atomic E-state index is 6.82. The van der Waals surface area contributed by atoms with E-state index in [2.05, 4.69) is 184 Å². The molecule has 6 aromatic carbocycles. The molecule has 4 aliphatic rings. The predicted molar refractivity (Wildman–Crippen MR) is 226 cm³/mol. The second-order valence-electron chi connectivity index (χ2n) is 16.8. The van der Waals surface area contributed by atoms with Crippen LogP contribution in [0.2, 0.25) is 0 Å². The molecule has 0 saturated heterocycles. The summed E-state index contributed by atoms with van der Waals surface area (Å²) in [5.74, 6) is 0.432.